The average Bonchev–Trinajstić information content (AvgIpc) is 2.82. The number of hydrogen-bond acceptors (Lipinski definition) is 6. The summed E-state index contributed by atoms with van der Waals surface area (Å²) in [6, 6.07) is 21.9. The van der Waals surface area contributed by atoms with E-state index >= 15 is 0 Å². The molecule has 0 spiro atoms. The number of methoxy groups -OCH3 is 2. The fraction of sp³-hybridized carbons (Fsp3) is 0.154. The fourth-order valence-corrected chi connectivity index (χ4v) is 3.66. The maximum atomic E-state index is 11.6. The zero-order chi connectivity index (χ0) is 22.6. The first-order chi connectivity index (χ1) is 15.5. The van der Waals surface area contributed by atoms with Crippen LogP contribution in [0.1, 0.15) is 12.0 Å². The van der Waals surface area contributed by atoms with Crippen LogP contribution >= 0.6 is 0 Å². The Hall–Kier alpha value is -3.90. The van der Waals surface area contributed by atoms with E-state index in [4.69, 9.17) is 9.47 Å². The molecule has 1 aliphatic rings. The Balaban J connectivity index is 1.66. The van der Waals surface area contributed by atoms with Gasteiger partial charge in [0.05, 0.1) is 14.2 Å². The van der Waals surface area contributed by atoms with Crippen molar-refractivity contribution in [3.05, 3.63) is 96.2 Å². The van der Waals surface area contributed by atoms with Crippen LogP contribution in [0.5, 0.6) is 17.2 Å². The molecule has 0 radical (unpaired) electrons. The van der Waals surface area contributed by atoms with Crippen LogP contribution in [0.4, 0.5) is 11.4 Å². The van der Waals surface area contributed by atoms with Gasteiger partial charge in [-0.2, -0.15) is 0 Å². The summed E-state index contributed by atoms with van der Waals surface area (Å²) >= 11 is 0. The minimum absolute atomic E-state index is 0.0967. The summed E-state index contributed by atoms with van der Waals surface area (Å²) in [4.78, 5) is 0. The Labute approximate surface area is 187 Å². The molecule has 0 amide bonds. The quantitative estimate of drug-likeness (QED) is 0.395. The molecule has 6 nitrogen and oxygen atoms in total. The lowest BCUT2D eigenvalue weighted by atomic mass is 9.87. The lowest BCUT2D eigenvalue weighted by molar-refractivity contribution is 0.133. The Morgan fingerprint density at radius 2 is 1.41 bits per heavy atom. The second-order valence-corrected chi connectivity index (χ2v) is 7.51. The Morgan fingerprint density at radius 1 is 0.812 bits per heavy atom. The molecule has 6 heteroatoms. The van der Waals surface area contributed by atoms with Crippen LogP contribution in [0.25, 0.3) is 5.57 Å². The molecule has 0 saturated carbocycles. The van der Waals surface area contributed by atoms with E-state index in [0.717, 1.165) is 28.6 Å². The lowest BCUT2D eigenvalue weighted by Crippen LogP contribution is -2.40. The van der Waals surface area contributed by atoms with Crippen LogP contribution in [0, 0.1) is 0 Å². The molecule has 0 fully saturated rings. The molecule has 0 bridgehead atoms. The van der Waals surface area contributed by atoms with Crippen molar-refractivity contribution in [3.8, 4) is 17.2 Å². The first-order valence-corrected chi connectivity index (χ1v) is 10.3. The van der Waals surface area contributed by atoms with Gasteiger partial charge in [-0.15, -0.1) is 0 Å². The van der Waals surface area contributed by atoms with Crippen molar-refractivity contribution < 1.29 is 19.7 Å². The molecule has 4 rings (SSSR count). The molecule has 0 aromatic heterocycles. The van der Waals surface area contributed by atoms with Crippen molar-refractivity contribution in [2.45, 2.75) is 12.1 Å². The van der Waals surface area contributed by atoms with Gasteiger partial charge in [0.1, 0.15) is 17.2 Å². The number of nitrogens with one attached hydrogen (secondary N) is 2. The molecular formula is C26H26N2O4. The predicted octanol–water partition coefficient (Wildman–Crippen LogP) is 4.99. The van der Waals surface area contributed by atoms with E-state index in [1.807, 2.05) is 66.7 Å². The number of hydrogen-bond donors (Lipinski definition) is 4. The second kappa shape index (κ2) is 9.08. The number of ether oxygens (including phenoxy) is 2. The summed E-state index contributed by atoms with van der Waals surface area (Å²) < 4.78 is 10.4. The molecule has 0 saturated heterocycles. The molecule has 4 N–H and O–H groups in total. The molecule has 32 heavy (non-hydrogen) atoms. The number of phenolic OH excluding ortho intramolecular Hbond substituents is 1. The van der Waals surface area contributed by atoms with Gasteiger partial charge in [0, 0.05) is 34.6 Å². The van der Waals surface area contributed by atoms with Crippen molar-refractivity contribution in [1.82, 2.24) is 0 Å². The predicted molar refractivity (Wildman–Crippen MR) is 127 cm³/mol. The SMILES string of the molecule is COc1ccc(NC2=CCC(O)(Nc3ccc(OC)cc3)C(c3ccccc3O)=C2)cc1. The number of aromatic hydroxyl groups is 1. The molecule has 3 aromatic rings. The lowest BCUT2D eigenvalue weighted by Gasteiger charge is -2.35. The van der Waals surface area contributed by atoms with Crippen LogP contribution in [0.3, 0.4) is 0 Å². The molecule has 164 valence electrons. The van der Waals surface area contributed by atoms with Crippen LogP contribution in [-0.4, -0.2) is 30.2 Å². The molecule has 1 atom stereocenters. The van der Waals surface area contributed by atoms with E-state index in [2.05, 4.69) is 10.6 Å². The van der Waals surface area contributed by atoms with E-state index < -0.39 is 5.72 Å². The standard InChI is InChI=1S/C26H26N2O4/c1-31-21-11-7-18(8-12-21)27-20-15-16-26(30,28-19-9-13-22(32-2)14-10-19)24(17-20)23-5-3-4-6-25(23)29/h3-15,17,27-30H,16H2,1-2H3. The van der Waals surface area contributed by atoms with E-state index in [0.29, 0.717) is 11.1 Å². The molecule has 1 unspecified atom stereocenters. The van der Waals surface area contributed by atoms with Gasteiger partial charge < -0.3 is 30.3 Å². The molecule has 1 aliphatic carbocycles. The Bertz CT molecular complexity index is 1140. The van der Waals surface area contributed by atoms with E-state index in [1.165, 1.54) is 0 Å². The zero-order valence-corrected chi connectivity index (χ0v) is 18.0. The summed E-state index contributed by atoms with van der Waals surface area (Å²) in [7, 11) is 3.24. The van der Waals surface area contributed by atoms with Crippen LogP contribution in [-0.2, 0) is 0 Å². The topological polar surface area (TPSA) is 83.0 Å². The van der Waals surface area contributed by atoms with Crippen molar-refractivity contribution in [2.75, 3.05) is 24.9 Å². The third-order valence-corrected chi connectivity index (χ3v) is 5.38. The normalized spacial score (nSPS) is 17.7. The van der Waals surface area contributed by atoms with Crippen LogP contribution in [0.2, 0.25) is 0 Å². The van der Waals surface area contributed by atoms with Crippen LogP contribution < -0.4 is 20.1 Å². The van der Waals surface area contributed by atoms with E-state index in [9.17, 15) is 10.2 Å². The summed E-state index contributed by atoms with van der Waals surface area (Å²) in [5.41, 5.74) is 2.13. The van der Waals surface area contributed by atoms with Crippen molar-refractivity contribution >= 4 is 16.9 Å². The molecule has 3 aromatic carbocycles. The third kappa shape index (κ3) is 4.55. The van der Waals surface area contributed by atoms with Gasteiger partial charge in [0.25, 0.3) is 0 Å². The second-order valence-electron chi connectivity index (χ2n) is 7.51. The van der Waals surface area contributed by atoms with Crippen molar-refractivity contribution in [3.63, 3.8) is 0 Å². The highest BCUT2D eigenvalue weighted by Crippen LogP contribution is 2.40. The zero-order valence-electron chi connectivity index (χ0n) is 18.0. The summed E-state index contributed by atoms with van der Waals surface area (Å²) in [6.07, 6.45) is 4.06. The third-order valence-electron chi connectivity index (χ3n) is 5.38. The number of anilines is 2. The smallest absolute Gasteiger partial charge is 0.166 e. The highest BCUT2D eigenvalue weighted by molar-refractivity contribution is 5.82. The Morgan fingerprint density at radius 3 is 2.00 bits per heavy atom. The molecule has 0 heterocycles. The van der Waals surface area contributed by atoms with Crippen LogP contribution in [0.15, 0.2) is 90.6 Å². The monoisotopic (exact) mass is 430 g/mol. The maximum absolute atomic E-state index is 11.6. The minimum atomic E-state index is -1.42. The first kappa shape index (κ1) is 21.3. The van der Waals surface area contributed by atoms with Gasteiger partial charge in [0.2, 0.25) is 0 Å². The van der Waals surface area contributed by atoms with Crippen molar-refractivity contribution in [2.24, 2.45) is 0 Å². The Kier molecular flexibility index (Phi) is 6.05. The van der Waals surface area contributed by atoms with E-state index in [-0.39, 0.29) is 12.2 Å². The number of para-hydroxylation sites is 1. The summed E-state index contributed by atoms with van der Waals surface area (Å²) in [6.45, 7) is 0. The highest BCUT2D eigenvalue weighted by atomic mass is 16.5. The fourth-order valence-electron chi connectivity index (χ4n) is 3.66. The number of rotatable bonds is 7. The minimum Gasteiger partial charge on any atom is -0.507 e. The number of aliphatic hydroxyl groups is 1. The molecule has 0 aliphatic heterocycles. The number of phenols is 1. The first-order valence-electron chi connectivity index (χ1n) is 10.3. The van der Waals surface area contributed by atoms with Crippen molar-refractivity contribution in [1.29, 1.82) is 0 Å². The summed E-state index contributed by atoms with van der Waals surface area (Å²) in [5.74, 6) is 1.60. The van der Waals surface area contributed by atoms with Gasteiger partial charge >= 0.3 is 0 Å². The van der Waals surface area contributed by atoms with Gasteiger partial charge in [-0.25, -0.2) is 0 Å². The van der Waals surface area contributed by atoms with Gasteiger partial charge in [-0.3, -0.25) is 0 Å². The average molecular weight is 431 g/mol. The largest absolute Gasteiger partial charge is 0.507 e. The summed E-state index contributed by atoms with van der Waals surface area (Å²) in [5, 5.41) is 28.7. The number of benzene rings is 3. The molecular weight excluding hydrogens is 404 g/mol. The van der Waals surface area contributed by atoms with Gasteiger partial charge in [-0.1, -0.05) is 24.3 Å². The van der Waals surface area contributed by atoms with Gasteiger partial charge in [0.15, 0.2) is 5.72 Å². The number of allylic oxidation sites excluding steroid dienone is 1. The van der Waals surface area contributed by atoms with E-state index in [1.54, 1.807) is 32.4 Å². The van der Waals surface area contributed by atoms with Gasteiger partial charge in [-0.05, 0) is 60.7 Å². The highest BCUT2D eigenvalue weighted by Gasteiger charge is 2.35. The maximum Gasteiger partial charge on any atom is 0.166 e.